The molecule has 0 bridgehead atoms. The number of allylic oxidation sites excluding steroid dienone is 2. The van der Waals surface area contributed by atoms with Crippen LogP contribution in [0.25, 0.3) is 0 Å². The maximum absolute atomic E-state index is 11.9. The summed E-state index contributed by atoms with van der Waals surface area (Å²) in [6, 6.07) is 5.86. The Morgan fingerprint density at radius 3 is 2.81 bits per heavy atom. The van der Waals surface area contributed by atoms with E-state index in [9.17, 15) is 4.79 Å². The first kappa shape index (κ1) is 15.6. The van der Waals surface area contributed by atoms with Crippen molar-refractivity contribution in [3.63, 3.8) is 0 Å². The molecule has 1 aliphatic rings. The predicted molar refractivity (Wildman–Crippen MR) is 86.7 cm³/mol. The lowest BCUT2D eigenvalue weighted by atomic mass is 9.83. The molecule has 1 aromatic carbocycles. The zero-order chi connectivity index (χ0) is 15.4. The van der Waals surface area contributed by atoms with E-state index < -0.39 is 0 Å². The number of rotatable bonds is 4. The molecule has 3 nitrogen and oxygen atoms in total. The van der Waals surface area contributed by atoms with E-state index in [1.165, 1.54) is 19.1 Å². The van der Waals surface area contributed by atoms with Gasteiger partial charge in [-0.05, 0) is 50.7 Å². The molecule has 0 aliphatic heterocycles. The molecule has 2 unspecified atom stereocenters. The molecule has 21 heavy (non-hydrogen) atoms. The highest BCUT2D eigenvalue weighted by Crippen LogP contribution is 2.28. The summed E-state index contributed by atoms with van der Waals surface area (Å²) in [4.78, 5) is 11.9. The van der Waals surface area contributed by atoms with Crippen LogP contribution in [0.4, 0.5) is 5.69 Å². The van der Waals surface area contributed by atoms with Crippen molar-refractivity contribution in [2.24, 2.45) is 11.8 Å². The minimum atomic E-state index is -0.283. The lowest BCUT2D eigenvalue weighted by Crippen LogP contribution is -2.21. The topological polar surface area (TPSA) is 38.3 Å². The van der Waals surface area contributed by atoms with Crippen molar-refractivity contribution < 1.29 is 9.53 Å². The second-order valence-electron chi connectivity index (χ2n) is 6.22. The zero-order valence-electron chi connectivity index (χ0n) is 13.4. The van der Waals surface area contributed by atoms with Crippen molar-refractivity contribution in [1.29, 1.82) is 0 Å². The third-order valence-corrected chi connectivity index (χ3v) is 4.05. The molecule has 1 aromatic rings. The van der Waals surface area contributed by atoms with E-state index in [-0.39, 0.29) is 5.97 Å². The average molecular weight is 287 g/mol. The molecular weight excluding hydrogens is 262 g/mol. The standard InChI is InChI=1S/C18H25NO2/c1-12-5-6-17(16(10-12)18(20)21-4)19-11-15-8-13(2)7-14(3)9-15/h5-7,10,13,15,19H,8-9,11H2,1-4H3. The van der Waals surface area contributed by atoms with Crippen LogP contribution in [-0.4, -0.2) is 19.6 Å². The molecule has 114 valence electrons. The van der Waals surface area contributed by atoms with Gasteiger partial charge in [-0.25, -0.2) is 4.79 Å². The van der Waals surface area contributed by atoms with Crippen LogP contribution in [0.2, 0.25) is 0 Å². The van der Waals surface area contributed by atoms with Crippen LogP contribution in [0.1, 0.15) is 42.6 Å². The second kappa shape index (κ2) is 6.79. The molecule has 0 radical (unpaired) electrons. The Labute approximate surface area is 127 Å². The van der Waals surface area contributed by atoms with Gasteiger partial charge in [0.1, 0.15) is 0 Å². The van der Waals surface area contributed by atoms with Gasteiger partial charge in [0.15, 0.2) is 0 Å². The molecule has 1 aliphatic carbocycles. The summed E-state index contributed by atoms with van der Waals surface area (Å²) >= 11 is 0. The van der Waals surface area contributed by atoms with Crippen molar-refractivity contribution in [1.82, 2.24) is 0 Å². The molecule has 2 rings (SSSR count). The molecule has 0 fully saturated rings. The Morgan fingerprint density at radius 2 is 2.14 bits per heavy atom. The second-order valence-corrected chi connectivity index (χ2v) is 6.22. The van der Waals surface area contributed by atoms with Crippen LogP contribution in [0.15, 0.2) is 29.8 Å². The minimum absolute atomic E-state index is 0.283. The normalized spacial score (nSPS) is 21.6. The first-order valence-electron chi connectivity index (χ1n) is 7.59. The van der Waals surface area contributed by atoms with Gasteiger partial charge in [0.05, 0.1) is 12.7 Å². The number of carbonyl (C=O) groups excluding carboxylic acids is 1. The van der Waals surface area contributed by atoms with E-state index in [0.29, 0.717) is 17.4 Å². The first-order chi connectivity index (χ1) is 9.99. The third kappa shape index (κ3) is 4.10. The van der Waals surface area contributed by atoms with Gasteiger partial charge in [0, 0.05) is 12.2 Å². The van der Waals surface area contributed by atoms with Crippen molar-refractivity contribution in [3.05, 3.63) is 41.0 Å². The summed E-state index contributed by atoms with van der Waals surface area (Å²) in [7, 11) is 1.42. The van der Waals surface area contributed by atoms with Gasteiger partial charge in [0.25, 0.3) is 0 Å². The van der Waals surface area contributed by atoms with Crippen LogP contribution < -0.4 is 5.32 Å². The number of nitrogens with one attached hydrogen (secondary N) is 1. The fourth-order valence-electron chi connectivity index (χ4n) is 3.19. The Bertz CT molecular complexity index is 548. The van der Waals surface area contributed by atoms with Gasteiger partial charge in [0.2, 0.25) is 0 Å². The van der Waals surface area contributed by atoms with Gasteiger partial charge in [-0.1, -0.05) is 30.2 Å². The molecule has 0 heterocycles. The fraction of sp³-hybridized carbons (Fsp3) is 0.500. The number of esters is 1. The van der Waals surface area contributed by atoms with Crippen molar-refractivity contribution in [2.45, 2.75) is 33.6 Å². The molecule has 3 heteroatoms. The Balaban J connectivity index is 2.06. The average Bonchev–Trinajstić information content (AvgIpc) is 2.44. The summed E-state index contributed by atoms with van der Waals surface area (Å²) < 4.78 is 4.87. The SMILES string of the molecule is COC(=O)c1cc(C)ccc1NCC1CC(C)=CC(C)C1. The van der Waals surface area contributed by atoms with Gasteiger partial charge in [-0.3, -0.25) is 0 Å². The number of methoxy groups -OCH3 is 1. The van der Waals surface area contributed by atoms with E-state index in [2.05, 4.69) is 25.2 Å². The van der Waals surface area contributed by atoms with Gasteiger partial charge >= 0.3 is 5.97 Å². The van der Waals surface area contributed by atoms with Gasteiger partial charge in [-0.15, -0.1) is 0 Å². The molecule has 0 spiro atoms. The number of carbonyl (C=O) groups is 1. The summed E-state index contributed by atoms with van der Waals surface area (Å²) in [6.45, 7) is 7.34. The van der Waals surface area contributed by atoms with Crippen LogP contribution in [0, 0.1) is 18.8 Å². The van der Waals surface area contributed by atoms with Crippen molar-refractivity contribution in [2.75, 3.05) is 19.0 Å². The number of benzene rings is 1. The van der Waals surface area contributed by atoms with E-state index in [4.69, 9.17) is 4.74 Å². The summed E-state index contributed by atoms with van der Waals surface area (Å²) in [5, 5.41) is 3.44. The number of ether oxygens (including phenoxy) is 1. The molecule has 0 amide bonds. The summed E-state index contributed by atoms with van der Waals surface area (Å²) in [5.41, 5.74) is 4.02. The number of hydrogen-bond donors (Lipinski definition) is 1. The van der Waals surface area contributed by atoms with Crippen LogP contribution in [-0.2, 0) is 4.74 Å². The smallest absolute Gasteiger partial charge is 0.339 e. The quantitative estimate of drug-likeness (QED) is 0.666. The maximum Gasteiger partial charge on any atom is 0.339 e. The molecule has 2 atom stereocenters. The van der Waals surface area contributed by atoms with Crippen LogP contribution in [0.5, 0.6) is 0 Å². The molecular formula is C18H25NO2. The molecule has 0 saturated heterocycles. The lowest BCUT2D eigenvalue weighted by Gasteiger charge is -2.26. The molecule has 1 N–H and O–H groups in total. The third-order valence-electron chi connectivity index (χ3n) is 4.05. The van der Waals surface area contributed by atoms with Gasteiger partial charge < -0.3 is 10.1 Å². The maximum atomic E-state index is 11.9. The van der Waals surface area contributed by atoms with Crippen LogP contribution in [0.3, 0.4) is 0 Å². The highest BCUT2D eigenvalue weighted by atomic mass is 16.5. The highest BCUT2D eigenvalue weighted by Gasteiger charge is 2.19. The van der Waals surface area contributed by atoms with Crippen molar-refractivity contribution in [3.8, 4) is 0 Å². The highest BCUT2D eigenvalue weighted by molar-refractivity contribution is 5.95. The van der Waals surface area contributed by atoms with Gasteiger partial charge in [-0.2, -0.15) is 0 Å². The fourth-order valence-corrected chi connectivity index (χ4v) is 3.19. The molecule has 0 saturated carbocycles. The Morgan fingerprint density at radius 1 is 1.38 bits per heavy atom. The van der Waals surface area contributed by atoms with E-state index in [1.807, 2.05) is 25.1 Å². The monoisotopic (exact) mass is 287 g/mol. The minimum Gasteiger partial charge on any atom is -0.465 e. The lowest BCUT2D eigenvalue weighted by molar-refractivity contribution is 0.0601. The Kier molecular flexibility index (Phi) is 5.05. The molecule has 0 aromatic heterocycles. The van der Waals surface area contributed by atoms with E-state index in [0.717, 1.165) is 24.2 Å². The van der Waals surface area contributed by atoms with E-state index in [1.54, 1.807) is 0 Å². The summed E-state index contributed by atoms with van der Waals surface area (Å²) in [6.07, 6.45) is 4.70. The zero-order valence-corrected chi connectivity index (χ0v) is 13.4. The number of hydrogen-bond acceptors (Lipinski definition) is 3. The summed E-state index contributed by atoms with van der Waals surface area (Å²) in [5.74, 6) is 0.981. The number of anilines is 1. The van der Waals surface area contributed by atoms with Crippen LogP contribution >= 0.6 is 0 Å². The first-order valence-corrected chi connectivity index (χ1v) is 7.59. The number of aryl methyl sites for hydroxylation is 1. The largest absolute Gasteiger partial charge is 0.465 e. The van der Waals surface area contributed by atoms with E-state index >= 15 is 0 Å². The Hall–Kier alpha value is -1.77. The van der Waals surface area contributed by atoms with Crippen molar-refractivity contribution >= 4 is 11.7 Å². The predicted octanol–water partition coefficient (Wildman–Crippen LogP) is 4.19.